The highest BCUT2D eigenvalue weighted by atomic mass is 19.1. The second kappa shape index (κ2) is 7.34. The van der Waals surface area contributed by atoms with Crippen molar-refractivity contribution in [3.63, 3.8) is 0 Å². The van der Waals surface area contributed by atoms with Crippen LogP contribution in [0.15, 0.2) is 48.5 Å². The molecule has 6 heteroatoms. The molecule has 1 aliphatic rings. The van der Waals surface area contributed by atoms with Crippen molar-refractivity contribution in [3.8, 4) is 5.75 Å². The maximum atomic E-state index is 13.7. The zero-order valence-corrected chi connectivity index (χ0v) is 13.8. The summed E-state index contributed by atoms with van der Waals surface area (Å²) in [4.78, 5) is 26.0. The molecule has 0 fully saturated rings. The number of amides is 1. The number of anilines is 1. The number of para-hydroxylation sites is 2. The monoisotopic (exact) mass is 343 g/mol. The Labute approximate surface area is 145 Å². The first-order valence-corrected chi connectivity index (χ1v) is 7.97. The largest absolute Gasteiger partial charge is 0.475 e. The van der Waals surface area contributed by atoms with Gasteiger partial charge in [0, 0.05) is 6.42 Å². The lowest BCUT2D eigenvalue weighted by atomic mass is 10.1. The first kappa shape index (κ1) is 17.0. The molecule has 0 aliphatic carbocycles. The van der Waals surface area contributed by atoms with Gasteiger partial charge >= 0.3 is 5.97 Å². The zero-order chi connectivity index (χ0) is 17.8. The van der Waals surface area contributed by atoms with Crippen LogP contribution in [0.1, 0.15) is 12.0 Å². The number of hydrogen-bond donors (Lipinski definition) is 0. The molecule has 0 bridgehead atoms. The molecule has 0 saturated carbocycles. The molecular weight excluding hydrogens is 325 g/mol. The quantitative estimate of drug-likeness (QED) is 0.801. The summed E-state index contributed by atoms with van der Waals surface area (Å²) in [6.07, 6.45) is -0.464. The number of carbonyl (C=O) groups is 2. The van der Waals surface area contributed by atoms with Gasteiger partial charge in [0.15, 0.2) is 0 Å². The average Bonchev–Trinajstić information content (AvgIpc) is 2.65. The summed E-state index contributed by atoms with van der Waals surface area (Å²) in [7, 11) is 1.27. The predicted octanol–water partition coefficient (Wildman–Crippen LogP) is 2.73. The Morgan fingerprint density at radius 3 is 2.68 bits per heavy atom. The molecule has 0 spiro atoms. The standard InChI is InChI=1S/C19H18FNO4/c1-24-19(23)17-12-21(15-8-4-5-9-16(15)25-17)18(22)11-10-13-6-2-3-7-14(13)20/h2-9,17H,10-12H2,1H3/t17-/m1/s1. The zero-order valence-electron chi connectivity index (χ0n) is 13.8. The van der Waals surface area contributed by atoms with E-state index < -0.39 is 12.1 Å². The topological polar surface area (TPSA) is 55.8 Å². The number of esters is 1. The number of nitrogens with zero attached hydrogens (tertiary/aromatic N) is 1. The molecule has 0 saturated heterocycles. The second-order valence-electron chi connectivity index (χ2n) is 5.69. The molecule has 0 radical (unpaired) electrons. The summed E-state index contributed by atoms with van der Waals surface area (Å²) in [6, 6.07) is 13.4. The van der Waals surface area contributed by atoms with E-state index in [9.17, 15) is 14.0 Å². The van der Waals surface area contributed by atoms with E-state index in [0.29, 0.717) is 17.0 Å². The fourth-order valence-corrected chi connectivity index (χ4v) is 2.80. The van der Waals surface area contributed by atoms with E-state index >= 15 is 0 Å². The van der Waals surface area contributed by atoms with Crippen LogP contribution in [0.3, 0.4) is 0 Å². The Balaban J connectivity index is 1.78. The van der Waals surface area contributed by atoms with Crippen LogP contribution < -0.4 is 9.64 Å². The number of fused-ring (bicyclic) bond motifs is 1. The normalized spacial score (nSPS) is 15.9. The van der Waals surface area contributed by atoms with Gasteiger partial charge in [-0.3, -0.25) is 4.79 Å². The molecule has 2 aromatic carbocycles. The van der Waals surface area contributed by atoms with Gasteiger partial charge in [-0.15, -0.1) is 0 Å². The predicted molar refractivity (Wildman–Crippen MR) is 89.9 cm³/mol. The summed E-state index contributed by atoms with van der Waals surface area (Å²) < 4.78 is 24.1. The average molecular weight is 343 g/mol. The lowest BCUT2D eigenvalue weighted by molar-refractivity contribution is -0.148. The van der Waals surface area contributed by atoms with E-state index in [2.05, 4.69) is 0 Å². The van der Waals surface area contributed by atoms with E-state index in [0.717, 1.165) is 0 Å². The number of ether oxygens (including phenoxy) is 2. The molecule has 0 aromatic heterocycles. The third kappa shape index (κ3) is 3.63. The van der Waals surface area contributed by atoms with Crippen LogP contribution in [-0.4, -0.2) is 31.6 Å². The molecule has 0 unspecified atom stereocenters. The molecule has 5 nitrogen and oxygen atoms in total. The molecule has 1 heterocycles. The molecular formula is C19H18FNO4. The first-order chi connectivity index (χ1) is 12.1. The van der Waals surface area contributed by atoms with Gasteiger partial charge in [0.25, 0.3) is 0 Å². The van der Waals surface area contributed by atoms with Crippen molar-refractivity contribution in [1.82, 2.24) is 0 Å². The van der Waals surface area contributed by atoms with Crippen molar-refractivity contribution in [2.45, 2.75) is 18.9 Å². The third-order valence-electron chi connectivity index (χ3n) is 4.10. The number of hydrogen-bond acceptors (Lipinski definition) is 4. The Hall–Kier alpha value is -2.89. The van der Waals surface area contributed by atoms with Gasteiger partial charge in [-0.1, -0.05) is 30.3 Å². The number of aryl methyl sites for hydroxylation is 1. The van der Waals surface area contributed by atoms with Gasteiger partial charge in [-0.25, -0.2) is 9.18 Å². The van der Waals surface area contributed by atoms with Crippen LogP contribution in [-0.2, 0) is 20.7 Å². The molecule has 1 amide bonds. The summed E-state index contributed by atoms with van der Waals surface area (Å²) in [5.74, 6) is -0.622. The van der Waals surface area contributed by atoms with Crippen molar-refractivity contribution < 1.29 is 23.5 Å². The molecule has 2 aromatic rings. The number of carbonyl (C=O) groups excluding carboxylic acids is 2. The highest BCUT2D eigenvalue weighted by Gasteiger charge is 2.34. The minimum Gasteiger partial charge on any atom is -0.475 e. The SMILES string of the molecule is COC(=O)[C@H]1CN(C(=O)CCc2ccccc2F)c2ccccc2O1. The summed E-state index contributed by atoms with van der Waals surface area (Å²) in [5, 5.41) is 0. The van der Waals surface area contributed by atoms with Crippen LogP contribution in [0.5, 0.6) is 5.75 Å². The van der Waals surface area contributed by atoms with Gasteiger partial charge in [-0.05, 0) is 30.2 Å². The molecule has 25 heavy (non-hydrogen) atoms. The molecule has 3 rings (SSSR count). The van der Waals surface area contributed by atoms with Crippen LogP contribution in [0.25, 0.3) is 0 Å². The van der Waals surface area contributed by atoms with E-state index in [1.165, 1.54) is 18.1 Å². The minimum atomic E-state index is -0.877. The lowest BCUT2D eigenvalue weighted by Crippen LogP contribution is -2.47. The first-order valence-electron chi connectivity index (χ1n) is 7.97. The van der Waals surface area contributed by atoms with Gasteiger partial charge < -0.3 is 14.4 Å². The van der Waals surface area contributed by atoms with Gasteiger partial charge in [0.05, 0.1) is 19.3 Å². The van der Waals surface area contributed by atoms with Gasteiger partial charge in [0.2, 0.25) is 12.0 Å². The highest BCUT2D eigenvalue weighted by molar-refractivity contribution is 5.96. The van der Waals surface area contributed by atoms with E-state index in [4.69, 9.17) is 9.47 Å². The van der Waals surface area contributed by atoms with Crippen molar-refractivity contribution in [1.29, 1.82) is 0 Å². The lowest BCUT2D eigenvalue weighted by Gasteiger charge is -2.33. The highest BCUT2D eigenvalue weighted by Crippen LogP contribution is 2.33. The third-order valence-corrected chi connectivity index (χ3v) is 4.10. The van der Waals surface area contributed by atoms with Crippen LogP contribution >= 0.6 is 0 Å². The molecule has 1 aliphatic heterocycles. The number of rotatable bonds is 4. The number of halogens is 1. The van der Waals surface area contributed by atoms with Gasteiger partial charge in [-0.2, -0.15) is 0 Å². The van der Waals surface area contributed by atoms with E-state index in [1.54, 1.807) is 42.5 Å². The van der Waals surface area contributed by atoms with Crippen molar-refractivity contribution in [3.05, 3.63) is 59.9 Å². The Bertz CT molecular complexity index is 792. The molecule has 1 atom stereocenters. The van der Waals surface area contributed by atoms with Crippen molar-refractivity contribution in [2.24, 2.45) is 0 Å². The summed E-state index contributed by atoms with van der Waals surface area (Å²) >= 11 is 0. The Morgan fingerprint density at radius 2 is 1.92 bits per heavy atom. The Kier molecular flexibility index (Phi) is 4.97. The van der Waals surface area contributed by atoms with Crippen LogP contribution in [0, 0.1) is 5.82 Å². The summed E-state index contributed by atoms with van der Waals surface area (Å²) in [5.41, 5.74) is 1.09. The second-order valence-corrected chi connectivity index (χ2v) is 5.69. The van der Waals surface area contributed by atoms with E-state index in [1.807, 2.05) is 0 Å². The van der Waals surface area contributed by atoms with Gasteiger partial charge in [0.1, 0.15) is 11.6 Å². The Morgan fingerprint density at radius 1 is 1.20 bits per heavy atom. The number of benzene rings is 2. The van der Waals surface area contributed by atoms with Crippen LogP contribution in [0.4, 0.5) is 10.1 Å². The van der Waals surface area contributed by atoms with Crippen molar-refractivity contribution >= 4 is 17.6 Å². The number of methoxy groups -OCH3 is 1. The van der Waals surface area contributed by atoms with E-state index in [-0.39, 0.29) is 31.1 Å². The smallest absolute Gasteiger partial charge is 0.348 e. The van der Waals surface area contributed by atoms with Crippen molar-refractivity contribution in [2.75, 3.05) is 18.6 Å². The molecule has 0 N–H and O–H groups in total. The van der Waals surface area contributed by atoms with Crippen LogP contribution in [0.2, 0.25) is 0 Å². The maximum Gasteiger partial charge on any atom is 0.348 e. The fourth-order valence-electron chi connectivity index (χ4n) is 2.80. The fraction of sp³-hybridized carbons (Fsp3) is 0.263. The molecule has 130 valence electrons. The maximum absolute atomic E-state index is 13.7. The minimum absolute atomic E-state index is 0.0692. The summed E-state index contributed by atoms with van der Waals surface area (Å²) in [6.45, 7) is 0.0692.